The summed E-state index contributed by atoms with van der Waals surface area (Å²) < 4.78 is 0. The molecule has 0 atom stereocenters. The molecule has 1 aromatic rings. The highest BCUT2D eigenvalue weighted by atomic mass is 15.1. The molecule has 1 aliphatic rings. The number of para-hydroxylation sites is 1. The molecule has 0 spiro atoms. The zero-order chi connectivity index (χ0) is 10.5. The molecule has 0 unspecified atom stereocenters. The Morgan fingerprint density at radius 1 is 1.33 bits per heavy atom. The lowest BCUT2D eigenvalue weighted by molar-refractivity contribution is 0.658. The van der Waals surface area contributed by atoms with Crippen LogP contribution in [-0.2, 0) is 6.42 Å². The van der Waals surface area contributed by atoms with Crippen molar-refractivity contribution < 1.29 is 0 Å². The van der Waals surface area contributed by atoms with Crippen LogP contribution in [0.3, 0.4) is 0 Å². The Morgan fingerprint density at radius 2 is 2.20 bits per heavy atom. The monoisotopic (exact) mass is 204 g/mol. The van der Waals surface area contributed by atoms with Crippen LogP contribution in [0.5, 0.6) is 0 Å². The molecule has 1 N–H and O–H groups in total. The van der Waals surface area contributed by atoms with E-state index in [2.05, 4.69) is 41.4 Å². The molecular weight excluding hydrogens is 184 g/mol. The molecule has 0 aromatic heterocycles. The van der Waals surface area contributed by atoms with Gasteiger partial charge in [-0.2, -0.15) is 0 Å². The van der Waals surface area contributed by atoms with Crippen molar-refractivity contribution in [1.29, 1.82) is 0 Å². The minimum atomic E-state index is 1.08. The van der Waals surface area contributed by atoms with E-state index >= 15 is 0 Å². The summed E-state index contributed by atoms with van der Waals surface area (Å²) in [5.74, 6) is 0. The highest BCUT2D eigenvalue weighted by Gasteiger charge is 2.16. The molecule has 2 heteroatoms. The molecule has 0 fully saturated rings. The van der Waals surface area contributed by atoms with Gasteiger partial charge in [-0.25, -0.2) is 0 Å². The maximum absolute atomic E-state index is 3.37. The van der Waals surface area contributed by atoms with Crippen molar-refractivity contribution in [3.05, 3.63) is 29.8 Å². The molecule has 1 heterocycles. The van der Waals surface area contributed by atoms with E-state index in [9.17, 15) is 0 Å². The van der Waals surface area contributed by atoms with E-state index in [1.807, 2.05) is 0 Å². The Hall–Kier alpha value is -1.02. The lowest BCUT2D eigenvalue weighted by Crippen LogP contribution is -2.25. The summed E-state index contributed by atoms with van der Waals surface area (Å²) in [6, 6.07) is 8.78. The normalized spacial score (nSPS) is 14.3. The number of nitrogens with zero attached hydrogens (tertiary/aromatic N) is 1. The van der Waals surface area contributed by atoms with Crippen LogP contribution in [0.15, 0.2) is 24.3 Å². The van der Waals surface area contributed by atoms with Crippen LogP contribution >= 0.6 is 0 Å². The Balaban J connectivity index is 1.85. The molecule has 0 aliphatic carbocycles. The van der Waals surface area contributed by atoms with E-state index in [-0.39, 0.29) is 0 Å². The minimum absolute atomic E-state index is 1.08. The smallest absolute Gasteiger partial charge is 0.0399 e. The van der Waals surface area contributed by atoms with Crippen LogP contribution in [0.1, 0.15) is 18.9 Å². The lowest BCUT2D eigenvalue weighted by Gasteiger charge is -2.19. The first-order valence-corrected chi connectivity index (χ1v) is 5.95. The Bertz CT molecular complexity index is 309. The molecule has 2 rings (SSSR count). The van der Waals surface area contributed by atoms with Crippen molar-refractivity contribution in [1.82, 2.24) is 5.32 Å². The highest BCUT2D eigenvalue weighted by molar-refractivity contribution is 5.57. The van der Waals surface area contributed by atoms with Gasteiger partial charge in [-0.3, -0.25) is 0 Å². The van der Waals surface area contributed by atoms with E-state index in [4.69, 9.17) is 0 Å². The van der Waals surface area contributed by atoms with Crippen LogP contribution < -0.4 is 10.2 Å². The maximum Gasteiger partial charge on any atom is 0.0399 e. The van der Waals surface area contributed by atoms with Gasteiger partial charge in [-0.05, 0) is 37.6 Å². The van der Waals surface area contributed by atoms with Gasteiger partial charge in [-0.15, -0.1) is 0 Å². The molecule has 0 bridgehead atoms. The molecule has 2 nitrogen and oxygen atoms in total. The number of anilines is 1. The van der Waals surface area contributed by atoms with Gasteiger partial charge in [0.05, 0.1) is 0 Å². The summed E-state index contributed by atoms with van der Waals surface area (Å²) >= 11 is 0. The topological polar surface area (TPSA) is 15.3 Å². The van der Waals surface area contributed by atoms with E-state index in [1.54, 1.807) is 0 Å². The fraction of sp³-hybridized carbons (Fsp3) is 0.538. The number of rotatable bonds is 5. The van der Waals surface area contributed by atoms with E-state index in [0.29, 0.717) is 0 Å². The van der Waals surface area contributed by atoms with Crippen LogP contribution in [0.4, 0.5) is 5.69 Å². The fourth-order valence-electron chi connectivity index (χ4n) is 2.21. The summed E-state index contributed by atoms with van der Waals surface area (Å²) in [7, 11) is 0. The third-order valence-corrected chi connectivity index (χ3v) is 3.01. The minimum Gasteiger partial charge on any atom is -0.371 e. The number of nitrogens with one attached hydrogen (secondary N) is 1. The number of benzene rings is 1. The quantitative estimate of drug-likeness (QED) is 0.738. The van der Waals surface area contributed by atoms with Crippen molar-refractivity contribution in [2.24, 2.45) is 0 Å². The SMILES string of the molecule is CCNCCCN1CCc2ccccc21. The zero-order valence-electron chi connectivity index (χ0n) is 9.50. The third-order valence-electron chi connectivity index (χ3n) is 3.01. The van der Waals surface area contributed by atoms with Gasteiger partial charge in [0.2, 0.25) is 0 Å². The molecular formula is C13H20N2. The Kier molecular flexibility index (Phi) is 3.62. The number of hydrogen-bond donors (Lipinski definition) is 1. The average molecular weight is 204 g/mol. The molecule has 1 aromatic carbocycles. The average Bonchev–Trinajstić information content (AvgIpc) is 2.68. The first-order chi connectivity index (χ1) is 7.42. The van der Waals surface area contributed by atoms with Gasteiger partial charge in [0.25, 0.3) is 0 Å². The predicted molar refractivity (Wildman–Crippen MR) is 65.5 cm³/mol. The second kappa shape index (κ2) is 5.17. The molecule has 15 heavy (non-hydrogen) atoms. The summed E-state index contributed by atoms with van der Waals surface area (Å²) in [6.07, 6.45) is 2.46. The van der Waals surface area contributed by atoms with Crippen LogP contribution in [0, 0.1) is 0 Å². The van der Waals surface area contributed by atoms with Gasteiger partial charge in [0, 0.05) is 18.8 Å². The second-order valence-corrected chi connectivity index (χ2v) is 4.07. The van der Waals surface area contributed by atoms with Gasteiger partial charge in [0.15, 0.2) is 0 Å². The lowest BCUT2D eigenvalue weighted by atomic mass is 10.2. The molecule has 0 saturated heterocycles. The molecule has 82 valence electrons. The fourth-order valence-corrected chi connectivity index (χ4v) is 2.21. The third kappa shape index (κ3) is 2.51. The van der Waals surface area contributed by atoms with Crippen LogP contribution in [0.25, 0.3) is 0 Å². The largest absolute Gasteiger partial charge is 0.371 e. The van der Waals surface area contributed by atoms with Gasteiger partial charge in [0.1, 0.15) is 0 Å². The van der Waals surface area contributed by atoms with Crippen LogP contribution in [0.2, 0.25) is 0 Å². The predicted octanol–water partition coefficient (Wildman–Crippen LogP) is 2.05. The summed E-state index contributed by atoms with van der Waals surface area (Å²) in [5, 5.41) is 3.37. The Labute approximate surface area is 92.3 Å². The number of fused-ring (bicyclic) bond motifs is 1. The van der Waals surface area contributed by atoms with E-state index in [1.165, 1.54) is 37.2 Å². The van der Waals surface area contributed by atoms with E-state index < -0.39 is 0 Å². The molecule has 0 radical (unpaired) electrons. The number of hydrogen-bond acceptors (Lipinski definition) is 2. The summed E-state index contributed by atoms with van der Waals surface area (Å²) in [6.45, 7) is 6.76. The summed E-state index contributed by atoms with van der Waals surface area (Å²) in [4.78, 5) is 2.51. The highest BCUT2D eigenvalue weighted by Crippen LogP contribution is 2.26. The first kappa shape index (κ1) is 10.5. The van der Waals surface area contributed by atoms with Gasteiger partial charge in [-0.1, -0.05) is 25.1 Å². The van der Waals surface area contributed by atoms with Gasteiger partial charge < -0.3 is 10.2 Å². The molecule has 0 amide bonds. The summed E-state index contributed by atoms with van der Waals surface area (Å²) in [5.41, 5.74) is 2.97. The molecule has 1 aliphatic heterocycles. The van der Waals surface area contributed by atoms with Crippen LogP contribution in [-0.4, -0.2) is 26.2 Å². The van der Waals surface area contributed by atoms with Crippen molar-refractivity contribution in [3.63, 3.8) is 0 Å². The van der Waals surface area contributed by atoms with Gasteiger partial charge >= 0.3 is 0 Å². The van der Waals surface area contributed by atoms with Crippen molar-refractivity contribution in [2.75, 3.05) is 31.1 Å². The maximum atomic E-state index is 3.37. The molecule has 0 saturated carbocycles. The van der Waals surface area contributed by atoms with Crippen molar-refractivity contribution in [2.45, 2.75) is 19.8 Å². The van der Waals surface area contributed by atoms with Crippen molar-refractivity contribution >= 4 is 5.69 Å². The van der Waals surface area contributed by atoms with Crippen molar-refractivity contribution in [3.8, 4) is 0 Å². The standard InChI is InChI=1S/C13H20N2/c1-2-14-9-5-10-15-11-8-12-6-3-4-7-13(12)15/h3-4,6-7,14H,2,5,8-11H2,1H3. The second-order valence-electron chi connectivity index (χ2n) is 4.07. The zero-order valence-corrected chi connectivity index (χ0v) is 9.50. The Morgan fingerprint density at radius 3 is 3.07 bits per heavy atom. The first-order valence-electron chi connectivity index (χ1n) is 5.95. The van der Waals surface area contributed by atoms with E-state index in [0.717, 1.165) is 13.1 Å².